The standard InChI is InChI=1S/C13H21N3O3/c1-15(8-12(18)14-10-2-3-10)9-13(19)16-6-4-11(17)5-7-16/h10H,2-9H2,1H3,(H,14,18). The van der Waals surface area contributed by atoms with E-state index in [1.165, 1.54) is 0 Å². The lowest BCUT2D eigenvalue weighted by atomic mass is 10.1. The molecule has 6 nitrogen and oxygen atoms in total. The quantitative estimate of drug-likeness (QED) is 0.721. The highest BCUT2D eigenvalue weighted by Gasteiger charge is 2.25. The van der Waals surface area contributed by atoms with Crippen molar-refractivity contribution >= 4 is 17.6 Å². The van der Waals surface area contributed by atoms with Crippen molar-refractivity contribution < 1.29 is 14.4 Å². The molecule has 0 atom stereocenters. The van der Waals surface area contributed by atoms with Gasteiger partial charge in [0.1, 0.15) is 5.78 Å². The number of likely N-dealkylation sites (tertiary alicyclic amines) is 1. The van der Waals surface area contributed by atoms with Crippen LogP contribution in [0.25, 0.3) is 0 Å². The summed E-state index contributed by atoms with van der Waals surface area (Å²) >= 11 is 0. The second-order valence-electron chi connectivity index (χ2n) is 5.43. The molecule has 19 heavy (non-hydrogen) atoms. The fraction of sp³-hybridized carbons (Fsp3) is 0.769. The Balaban J connectivity index is 1.68. The monoisotopic (exact) mass is 267 g/mol. The Bertz CT molecular complexity index is 369. The number of rotatable bonds is 5. The Morgan fingerprint density at radius 2 is 1.89 bits per heavy atom. The van der Waals surface area contributed by atoms with Crippen LogP contribution in [0.15, 0.2) is 0 Å². The molecule has 0 bridgehead atoms. The minimum absolute atomic E-state index is 0.00535. The van der Waals surface area contributed by atoms with Crippen molar-refractivity contribution in [2.75, 3.05) is 33.2 Å². The molecule has 1 saturated carbocycles. The van der Waals surface area contributed by atoms with Crippen LogP contribution < -0.4 is 5.32 Å². The molecule has 6 heteroatoms. The molecule has 0 radical (unpaired) electrons. The second-order valence-corrected chi connectivity index (χ2v) is 5.43. The number of amides is 2. The third-order valence-corrected chi connectivity index (χ3v) is 3.43. The van der Waals surface area contributed by atoms with E-state index in [0.717, 1.165) is 12.8 Å². The molecule has 106 valence electrons. The highest BCUT2D eigenvalue weighted by atomic mass is 16.2. The van der Waals surface area contributed by atoms with Gasteiger partial charge in [-0.2, -0.15) is 0 Å². The van der Waals surface area contributed by atoms with Gasteiger partial charge in [0.05, 0.1) is 13.1 Å². The third-order valence-electron chi connectivity index (χ3n) is 3.43. The molecule has 1 aliphatic carbocycles. The van der Waals surface area contributed by atoms with Gasteiger partial charge in [-0.15, -0.1) is 0 Å². The topological polar surface area (TPSA) is 69.7 Å². The molecule has 0 aromatic rings. The summed E-state index contributed by atoms with van der Waals surface area (Å²) in [5.74, 6) is 0.196. The van der Waals surface area contributed by atoms with Crippen molar-refractivity contribution in [1.82, 2.24) is 15.1 Å². The van der Waals surface area contributed by atoms with E-state index in [2.05, 4.69) is 5.32 Å². The van der Waals surface area contributed by atoms with Gasteiger partial charge in [0, 0.05) is 32.0 Å². The van der Waals surface area contributed by atoms with Crippen molar-refractivity contribution in [3.8, 4) is 0 Å². The maximum absolute atomic E-state index is 12.0. The number of piperidine rings is 1. The number of hydrogen-bond donors (Lipinski definition) is 1. The number of carbonyl (C=O) groups excluding carboxylic acids is 3. The first-order valence-corrected chi connectivity index (χ1v) is 6.82. The number of nitrogens with zero attached hydrogens (tertiary/aromatic N) is 2. The number of carbonyl (C=O) groups is 3. The maximum Gasteiger partial charge on any atom is 0.236 e. The average Bonchev–Trinajstić information content (AvgIpc) is 3.13. The Kier molecular flexibility index (Phi) is 4.52. The molecule has 0 unspecified atom stereocenters. The third kappa shape index (κ3) is 4.63. The molecule has 2 aliphatic rings. The summed E-state index contributed by atoms with van der Waals surface area (Å²) in [6.45, 7) is 1.50. The van der Waals surface area contributed by atoms with Crippen LogP contribution in [0.2, 0.25) is 0 Å². The SMILES string of the molecule is CN(CC(=O)NC1CC1)CC(=O)N1CCC(=O)CC1. The largest absolute Gasteiger partial charge is 0.352 e. The molecule has 1 N–H and O–H groups in total. The van der Waals surface area contributed by atoms with Gasteiger partial charge in [0.2, 0.25) is 11.8 Å². The number of nitrogens with one attached hydrogen (secondary N) is 1. The predicted octanol–water partition coefficient (Wildman–Crippen LogP) is -0.612. The van der Waals surface area contributed by atoms with Crippen LogP contribution in [-0.4, -0.2) is 66.7 Å². The van der Waals surface area contributed by atoms with Gasteiger partial charge >= 0.3 is 0 Å². The molecule has 2 rings (SSSR count). The smallest absolute Gasteiger partial charge is 0.236 e. The van der Waals surface area contributed by atoms with Crippen LogP contribution >= 0.6 is 0 Å². The Hall–Kier alpha value is -1.43. The van der Waals surface area contributed by atoms with Crippen molar-refractivity contribution in [3.63, 3.8) is 0 Å². The highest BCUT2D eigenvalue weighted by Crippen LogP contribution is 2.18. The van der Waals surface area contributed by atoms with Gasteiger partial charge in [0.25, 0.3) is 0 Å². The van der Waals surface area contributed by atoms with E-state index in [9.17, 15) is 14.4 Å². The first-order valence-electron chi connectivity index (χ1n) is 6.82. The first-order chi connectivity index (χ1) is 9.04. The molecule has 0 aromatic heterocycles. The lowest BCUT2D eigenvalue weighted by Crippen LogP contribution is -2.45. The normalized spacial score (nSPS) is 19.7. The van der Waals surface area contributed by atoms with Gasteiger partial charge in [-0.05, 0) is 19.9 Å². The van der Waals surface area contributed by atoms with Crippen molar-refractivity contribution in [1.29, 1.82) is 0 Å². The van der Waals surface area contributed by atoms with E-state index < -0.39 is 0 Å². The summed E-state index contributed by atoms with van der Waals surface area (Å²) in [5, 5.41) is 2.89. The van der Waals surface area contributed by atoms with E-state index in [-0.39, 0.29) is 30.7 Å². The molecule has 2 fully saturated rings. The summed E-state index contributed by atoms with van der Waals surface area (Å²) in [4.78, 5) is 38.1. The summed E-state index contributed by atoms with van der Waals surface area (Å²) in [6, 6.07) is 0.352. The Morgan fingerprint density at radius 3 is 2.47 bits per heavy atom. The van der Waals surface area contributed by atoms with Crippen molar-refractivity contribution in [2.24, 2.45) is 0 Å². The fourth-order valence-electron chi connectivity index (χ4n) is 2.14. The molecule has 2 amide bonds. The van der Waals surface area contributed by atoms with E-state index in [0.29, 0.717) is 32.0 Å². The zero-order valence-corrected chi connectivity index (χ0v) is 11.4. The van der Waals surface area contributed by atoms with Gasteiger partial charge in [-0.25, -0.2) is 0 Å². The Morgan fingerprint density at radius 1 is 1.26 bits per heavy atom. The molecular weight excluding hydrogens is 246 g/mol. The first kappa shape index (κ1) is 14.0. The number of hydrogen-bond acceptors (Lipinski definition) is 4. The van der Waals surface area contributed by atoms with Crippen LogP contribution in [-0.2, 0) is 14.4 Å². The summed E-state index contributed by atoms with van der Waals surface area (Å²) in [7, 11) is 1.76. The van der Waals surface area contributed by atoms with E-state index in [1.807, 2.05) is 0 Å². The zero-order valence-electron chi connectivity index (χ0n) is 11.4. The van der Waals surface area contributed by atoms with Gasteiger partial charge in [-0.3, -0.25) is 19.3 Å². The molecular formula is C13H21N3O3. The second kappa shape index (κ2) is 6.14. The molecule has 1 saturated heterocycles. The van der Waals surface area contributed by atoms with E-state index in [1.54, 1.807) is 16.8 Å². The minimum Gasteiger partial charge on any atom is -0.352 e. The molecule has 0 aromatic carbocycles. The van der Waals surface area contributed by atoms with Gasteiger partial charge in [-0.1, -0.05) is 0 Å². The summed E-state index contributed by atoms with van der Waals surface area (Å²) in [6.07, 6.45) is 3.04. The van der Waals surface area contributed by atoms with E-state index >= 15 is 0 Å². The maximum atomic E-state index is 12.0. The Labute approximate surface area is 113 Å². The van der Waals surface area contributed by atoms with Crippen LogP contribution in [0, 0.1) is 0 Å². The molecule has 1 aliphatic heterocycles. The minimum atomic E-state index is -0.0216. The zero-order chi connectivity index (χ0) is 13.8. The lowest BCUT2D eigenvalue weighted by Gasteiger charge is -2.28. The van der Waals surface area contributed by atoms with Crippen LogP contribution in [0.4, 0.5) is 0 Å². The van der Waals surface area contributed by atoms with Gasteiger partial charge < -0.3 is 10.2 Å². The molecule has 0 spiro atoms. The average molecular weight is 267 g/mol. The van der Waals surface area contributed by atoms with Crippen molar-refractivity contribution in [2.45, 2.75) is 31.7 Å². The summed E-state index contributed by atoms with van der Waals surface area (Å²) < 4.78 is 0. The fourth-order valence-corrected chi connectivity index (χ4v) is 2.14. The summed E-state index contributed by atoms with van der Waals surface area (Å²) in [5.41, 5.74) is 0. The lowest BCUT2D eigenvalue weighted by molar-refractivity contribution is -0.135. The predicted molar refractivity (Wildman–Crippen MR) is 69.5 cm³/mol. The number of ketones is 1. The number of likely N-dealkylation sites (N-methyl/N-ethyl adjacent to an activating group) is 1. The van der Waals surface area contributed by atoms with Crippen LogP contribution in [0.3, 0.4) is 0 Å². The number of Topliss-reactive ketones (excluding diaryl/α,β-unsaturated/α-hetero) is 1. The van der Waals surface area contributed by atoms with Gasteiger partial charge in [0.15, 0.2) is 0 Å². The molecule has 1 heterocycles. The van der Waals surface area contributed by atoms with Crippen LogP contribution in [0.1, 0.15) is 25.7 Å². The van der Waals surface area contributed by atoms with E-state index in [4.69, 9.17) is 0 Å². The van der Waals surface area contributed by atoms with Crippen molar-refractivity contribution in [3.05, 3.63) is 0 Å². The van der Waals surface area contributed by atoms with Crippen LogP contribution in [0.5, 0.6) is 0 Å². The highest BCUT2D eigenvalue weighted by molar-refractivity contribution is 5.84.